The van der Waals surface area contributed by atoms with Crippen molar-refractivity contribution in [1.29, 1.82) is 0 Å². The molecule has 1 amide bonds. The molecule has 4 rings (SSSR count). The van der Waals surface area contributed by atoms with Gasteiger partial charge >= 0.3 is 0 Å². The highest BCUT2D eigenvalue weighted by Gasteiger charge is 2.39. The Balaban J connectivity index is 1.63. The van der Waals surface area contributed by atoms with Crippen LogP contribution in [0.1, 0.15) is 29.5 Å². The number of carbonyl (C=O) groups is 1. The largest absolute Gasteiger partial charge is 0.324 e. The van der Waals surface area contributed by atoms with E-state index in [0.29, 0.717) is 19.4 Å². The number of hydrogen-bond donors (Lipinski definition) is 1. The van der Waals surface area contributed by atoms with Crippen molar-refractivity contribution in [3.05, 3.63) is 71.3 Å². The Morgan fingerprint density at radius 3 is 2.33 bits per heavy atom. The highest BCUT2D eigenvalue weighted by atomic mass is 32.2. The van der Waals surface area contributed by atoms with Crippen molar-refractivity contribution in [2.45, 2.75) is 44.6 Å². The predicted octanol–water partition coefficient (Wildman–Crippen LogP) is 4.56. The molecule has 0 saturated carbocycles. The second kappa shape index (κ2) is 7.85. The number of rotatable bonds is 4. The third-order valence-electron chi connectivity index (χ3n) is 5.76. The summed E-state index contributed by atoms with van der Waals surface area (Å²) in [6.45, 7) is 6.27. The van der Waals surface area contributed by atoms with E-state index in [1.54, 1.807) is 12.1 Å². The molecular formula is C24H26N2O3S. The first-order valence-electron chi connectivity index (χ1n) is 10.2. The number of amides is 1. The van der Waals surface area contributed by atoms with Crippen molar-refractivity contribution in [1.82, 2.24) is 4.31 Å². The van der Waals surface area contributed by atoms with E-state index in [0.717, 1.165) is 33.2 Å². The van der Waals surface area contributed by atoms with Crippen LogP contribution in [0.2, 0.25) is 0 Å². The van der Waals surface area contributed by atoms with E-state index >= 15 is 0 Å². The second-order valence-corrected chi connectivity index (χ2v) is 9.94. The molecule has 5 nitrogen and oxygen atoms in total. The zero-order valence-electron chi connectivity index (χ0n) is 17.5. The molecule has 0 bridgehead atoms. The smallest absolute Gasteiger partial charge is 0.243 e. The zero-order chi connectivity index (χ0) is 21.5. The molecule has 1 fully saturated rings. The van der Waals surface area contributed by atoms with Crippen molar-refractivity contribution < 1.29 is 13.2 Å². The Morgan fingerprint density at radius 1 is 0.967 bits per heavy atom. The minimum Gasteiger partial charge on any atom is -0.324 e. The lowest BCUT2D eigenvalue weighted by Gasteiger charge is -2.24. The molecule has 1 atom stereocenters. The van der Waals surface area contributed by atoms with Crippen LogP contribution in [0.5, 0.6) is 0 Å². The van der Waals surface area contributed by atoms with Gasteiger partial charge in [0.1, 0.15) is 6.04 Å². The Kier molecular flexibility index (Phi) is 5.38. The predicted molar refractivity (Wildman–Crippen MR) is 120 cm³/mol. The van der Waals surface area contributed by atoms with Crippen molar-refractivity contribution in [3.63, 3.8) is 0 Å². The number of hydrogen-bond acceptors (Lipinski definition) is 3. The monoisotopic (exact) mass is 422 g/mol. The van der Waals surface area contributed by atoms with Crippen LogP contribution < -0.4 is 5.32 Å². The van der Waals surface area contributed by atoms with Crippen LogP contribution in [0.3, 0.4) is 0 Å². The number of benzene rings is 3. The summed E-state index contributed by atoms with van der Waals surface area (Å²) in [5.74, 6) is -0.271. The normalized spacial score (nSPS) is 17.4. The summed E-state index contributed by atoms with van der Waals surface area (Å²) in [6, 6.07) is 16.1. The van der Waals surface area contributed by atoms with E-state index in [-0.39, 0.29) is 10.8 Å². The third kappa shape index (κ3) is 3.73. The van der Waals surface area contributed by atoms with Gasteiger partial charge < -0.3 is 5.32 Å². The van der Waals surface area contributed by atoms with Gasteiger partial charge in [0.2, 0.25) is 15.9 Å². The molecule has 1 N–H and O–H groups in total. The van der Waals surface area contributed by atoms with Crippen LogP contribution in [0, 0.1) is 20.8 Å². The van der Waals surface area contributed by atoms with Crippen LogP contribution in [0.15, 0.2) is 59.5 Å². The molecule has 6 heteroatoms. The van der Waals surface area contributed by atoms with Gasteiger partial charge in [-0.3, -0.25) is 4.79 Å². The quantitative estimate of drug-likeness (QED) is 0.670. The number of carbonyl (C=O) groups excluding carboxylic acids is 1. The van der Waals surface area contributed by atoms with Gasteiger partial charge in [-0.15, -0.1) is 0 Å². The highest BCUT2D eigenvalue weighted by molar-refractivity contribution is 7.89. The van der Waals surface area contributed by atoms with E-state index in [9.17, 15) is 13.2 Å². The SMILES string of the molecule is Cc1cc(C)c(NC(=O)[C@@H]2CCCN2S(=O)(=O)c2ccc3ccccc3c2)c(C)c1. The van der Waals surface area contributed by atoms with Crippen molar-refractivity contribution in [3.8, 4) is 0 Å². The second-order valence-electron chi connectivity index (χ2n) is 8.05. The summed E-state index contributed by atoms with van der Waals surface area (Å²) in [7, 11) is -3.77. The summed E-state index contributed by atoms with van der Waals surface area (Å²) in [6.07, 6.45) is 1.18. The van der Waals surface area contributed by atoms with Crippen molar-refractivity contribution in [2.75, 3.05) is 11.9 Å². The molecule has 1 aliphatic rings. The number of sulfonamides is 1. The number of fused-ring (bicyclic) bond motifs is 1. The lowest BCUT2D eigenvalue weighted by molar-refractivity contribution is -0.119. The average molecular weight is 423 g/mol. The first kappa shape index (κ1) is 20.6. The Hall–Kier alpha value is -2.70. The fraction of sp³-hybridized carbons (Fsp3) is 0.292. The van der Waals surface area contributed by atoms with Crippen LogP contribution in [0.4, 0.5) is 5.69 Å². The first-order chi connectivity index (χ1) is 14.3. The molecule has 0 radical (unpaired) electrons. The molecule has 30 heavy (non-hydrogen) atoms. The van der Waals surface area contributed by atoms with Gasteiger partial charge in [-0.2, -0.15) is 4.31 Å². The molecule has 156 valence electrons. The maximum absolute atomic E-state index is 13.4. The summed E-state index contributed by atoms with van der Waals surface area (Å²) in [4.78, 5) is 13.3. The van der Waals surface area contributed by atoms with Gasteiger partial charge in [0.25, 0.3) is 0 Å². The molecule has 1 saturated heterocycles. The lowest BCUT2D eigenvalue weighted by atomic mass is 10.0. The number of aryl methyl sites for hydroxylation is 3. The van der Waals surface area contributed by atoms with E-state index in [1.807, 2.05) is 63.2 Å². The van der Waals surface area contributed by atoms with Crippen LogP contribution in [0.25, 0.3) is 10.8 Å². The Morgan fingerprint density at radius 2 is 1.63 bits per heavy atom. The molecule has 0 aromatic heterocycles. The molecule has 0 unspecified atom stereocenters. The molecule has 1 aliphatic heterocycles. The van der Waals surface area contributed by atoms with Gasteiger partial charge in [0.15, 0.2) is 0 Å². The summed E-state index contributed by atoms with van der Waals surface area (Å²) in [5, 5.41) is 4.83. The topological polar surface area (TPSA) is 66.5 Å². The molecule has 0 aliphatic carbocycles. The molecular weight excluding hydrogens is 396 g/mol. The van der Waals surface area contributed by atoms with Gasteiger partial charge in [0.05, 0.1) is 4.90 Å². The zero-order valence-corrected chi connectivity index (χ0v) is 18.3. The van der Waals surface area contributed by atoms with Gasteiger partial charge in [-0.1, -0.05) is 48.0 Å². The number of nitrogens with one attached hydrogen (secondary N) is 1. The van der Waals surface area contributed by atoms with Crippen LogP contribution in [-0.2, 0) is 14.8 Å². The Labute approximate surface area is 177 Å². The number of anilines is 1. The average Bonchev–Trinajstić information content (AvgIpc) is 3.21. The summed E-state index contributed by atoms with van der Waals surface area (Å²) < 4.78 is 28.1. The van der Waals surface area contributed by atoms with Gasteiger partial charge in [-0.05, 0) is 67.6 Å². The lowest BCUT2D eigenvalue weighted by Crippen LogP contribution is -2.43. The van der Waals surface area contributed by atoms with E-state index < -0.39 is 16.1 Å². The van der Waals surface area contributed by atoms with E-state index in [4.69, 9.17) is 0 Å². The summed E-state index contributed by atoms with van der Waals surface area (Å²) in [5.41, 5.74) is 3.84. The highest BCUT2D eigenvalue weighted by Crippen LogP contribution is 2.30. The fourth-order valence-corrected chi connectivity index (χ4v) is 6.03. The fourth-order valence-electron chi connectivity index (χ4n) is 4.34. The molecule has 0 spiro atoms. The van der Waals surface area contributed by atoms with Gasteiger partial charge in [0, 0.05) is 12.2 Å². The van der Waals surface area contributed by atoms with Crippen LogP contribution >= 0.6 is 0 Å². The van der Waals surface area contributed by atoms with Crippen LogP contribution in [-0.4, -0.2) is 31.2 Å². The maximum Gasteiger partial charge on any atom is 0.243 e. The maximum atomic E-state index is 13.4. The third-order valence-corrected chi connectivity index (χ3v) is 7.66. The van der Waals surface area contributed by atoms with Gasteiger partial charge in [-0.25, -0.2) is 8.42 Å². The first-order valence-corrected chi connectivity index (χ1v) is 11.6. The van der Waals surface area contributed by atoms with Crippen molar-refractivity contribution in [2.24, 2.45) is 0 Å². The summed E-state index contributed by atoms with van der Waals surface area (Å²) >= 11 is 0. The van der Waals surface area contributed by atoms with E-state index in [2.05, 4.69) is 5.32 Å². The Bertz CT molecular complexity index is 1210. The molecule has 3 aromatic rings. The minimum absolute atomic E-state index is 0.226. The molecule has 1 heterocycles. The minimum atomic E-state index is -3.77. The number of nitrogens with zero attached hydrogens (tertiary/aromatic N) is 1. The standard InChI is InChI=1S/C24H26N2O3S/c1-16-13-17(2)23(18(3)14-16)25-24(27)22-9-6-12-26(22)30(28,29)21-11-10-19-7-4-5-8-20(19)15-21/h4-5,7-8,10-11,13-15,22H,6,9,12H2,1-3H3,(H,25,27)/t22-/m0/s1. The van der Waals surface area contributed by atoms with E-state index in [1.165, 1.54) is 4.31 Å². The van der Waals surface area contributed by atoms with Crippen molar-refractivity contribution >= 4 is 32.4 Å². The molecule has 3 aromatic carbocycles.